The molecule has 0 aliphatic heterocycles. The predicted octanol–water partition coefficient (Wildman–Crippen LogP) is 4.11. The Hall–Kier alpha value is -2.54. The summed E-state index contributed by atoms with van der Waals surface area (Å²) in [6.07, 6.45) is 1.84. The molecule has 170 valence electrons. The van der Waals surface area contributed by atoms with Crippen molar-refractivity contribution < 1.29 is 17.9 Å². The quantitative estimate of drug-likeness (QED) is 0.596. The molecule has 1 N–H and O–H groups in total. The summed E-state index contributed by atoms with van der Waals surface area (Å²) in [6.45, 7) is 8.25. The van der Waals surface area contributed by atoms with Gasteiger partial charge in [-0.25, -0.2) is 8.42 Å². The van der Waals surface area contributed by atoms with E-state index >= 15 is 0 Å². The van der Waals surface area contributed by atoms with E-state index in [2.05, 4.69) is 31.3 Å². The smallest absolute Gasteiger partial charge is 0.261 e. The minimum atomic E-state index is -3.33. The van der Waals surface area contributed by atoms with E-state index in [-0.39, 0.29) is 17.4 Å². The third-order valence-electron chi connectivity index (χ3n) is 5.40. The molecule has 2 rings (SSSR count). The lowest BCUT2D eigenvalue weighted by atomic mass is 9.79. The summed E-state index contributed by atoms with van der Waals surface area (Å²) in [5, 5.41) is 3.08. The van der Waals surface area contributed by atoms with Gasteiger partial charge < -0.3 is 10.1 Å². The van der Waals surface area contributed by atoms with E-state index in [4.69, 9.17) is 4.74 Å². The van der Waals surface area contributed by atoms with Gasteiger partial charge in [0.15, 0.2) is 6.10 Å². The molecule has 2 aromatic rings. The first-order valence-electron chi connectivity index (χ1n) is 10.5. The first-order valence-corrected chi connectivity index (χ1v) is 12.4. The van der Waals surface area contributed by atoms with E-state index in [1.165, 1.54) is 16.9 Å². The first kappa shape index (κ1) is 24.7. The molecule has 0 radical (unpaired) electrons. The van der Waals surface area contributed by atoms with Gasteiger partial charge in [-0.3, -0.25) is 9.10 Å². The molecular weight excluding hydrogens is 412 g/mol. The minimum Gasteiger partial charge on any atom is -0.481 e. The molecule has 0 saturated carbocycles. The number of hydrogen-bond acceptors (Lipinski definition) is 4. The van der Waals surface area contributed by atoms with Crippen molar-refractivity contribution >= 4 is 21.6 Å². The molecular formula is C24H34N2O4S. The van der Waals surface area contributed by atoms with Crippen molar-refractivity contribution in [3.63, 3.8) is 0 Å². The highest BCUT2D eigenvalue weighted by Crippen LogP contribution is 2.28. The number of hydrogen-bond donors (Lipinski definition) is 1. The van der Waals surface area contributed by atoms with Gasteiger partial charge in [-0.2, -0.15) is 0 Å². The molecule has 0 saturated heterocycles. The highest BCUT2D eigenvalue weighted by molar-refractivity contribution is 7.92. The van der Waals surface area contributed by atoms with Gasteiger partial charge in [0.25, 0.3) is 5.91 Å². The van der Waals surface area contributed by atoms with Crippen molar-refractivity contribution in [1.29, 1.82) is 0 Å². The molecule has 0 fully saturated rings. The first-order chi connectivity index (χ1) is 14.4. The largest absolute Gasteiger partial charge is 0.481 e. The lowest BCUT2D eigenvalue weighted by molar-refractivity contribution is -0.128. The van der Waals surface area contributed by atoms with Crippen LogP contribution < -0.4 is 14.4 Å². The fourth-order valence-corrected chi connectivity index (χ4v) is 4.08. The van der Waals surface area contributed by atoms with Gasteiger partial charge in [0, 0.05) is 13.1 Å². The Labute approximate surface area is 186 Å². The normalized spacial score (nSPS) is 13.9. The van der Waals surface area contributed by atoms with Crippen molar-refractivity contribution in [2.24, 2.45) is 0 Å². The molecule has 0 aliphatic rings. The van der Waals surface area contributed by atoms with E-state index in [1.807, 2.05) is 32.0 Å². The van der Waals surface area contributed by atoms with Crippen LogP contribution in [-0.4, -0.2) is 39.8 Å². The molecule has 0 unspecified atom stereocenters. The van der Waals surface area contributed by atoms with Crippen molar-refractivity contribution in [3.05, 3.63) is 60.2 Å². The third kappa shape index (κ3) is 6.99. The summed E-state index contributed by atoms with van der Waals surface area (Å²) in [5.74, 6) is 0.362. The third-order valence-corrected chi connectivity index (χ3v) is 6.61. The lowest BCUT2D eigenvalue weighted by Crippen LogP contribution is -2.44. The number of amides is 1. The van der Waals surface area contributed by atoms with Crippen LogP contribution in [0.1, 0.15) is 46.1 Å². The molecule has 1 amide bonds. The second-order valence-corrected chi connectivity index (χ2v) is 10.6. The maximum Gasteiger partial charge on any atom is 0.261 e. The van der Waals surface area contributed by atoms with Crippen molar-refractivity contribution in [1.82, 2.24) is 5.32 Å². The summed E-state index contributed by atoms with van der Waals surface area (Å²) < 4.78 is 30.4. The molecule has 0 aromatic heterocycles. The molecule has 0 aliphatic carbocycles. The molecule has 0 heterocycles. The fraction of sp³-hybridized carbons (Fsp3) is 0.458. The Morgan fingerprint density at radius 1 is 1.10 bits per heavy atom. The predicted molar refractivity (Wildman–Crippen MR) is 126 cm³/mol. The van der Waals surface area contributed by atoms with E-state index in [1.54, 1.807) is 24.3 Å². The SMILES string of the molecule is CC[C@H](Oc1ccc(N(C)S(C)(=O)=O)cc1)C(=O)N[C@H](C)CC(C)(C)c1ccccc1. The Morgan fingerprint density at radius 3 is 2.19 bits per heavy atom. The van der Waals surface area contributed by atoms with Crippen LogP contribution >= 0.6 is 0 Å². The molecule has 31 heavy (non-hydrogen) atoms. The van der Waals surface area contributed by atoms with E-state index in [9.17, 15) is 13.2 Å². The molecule has 2 atom stereocenters. The van der Waals surface area contributed by atoms with Crippen LogP contribution in [0.3, 0.4) is 0 Å². The minimum absolute atomic E-state index is 0.0221. The molecule has 0 bridgehead atoms. The van der Waals surface area contributed by atoms with Crippen molar-refractivity contribution in [2.45, 2.75) is 58.1 Å². The Balaban J connectivity index is 1.98. The highest BCUT2D eigenvalue weighted by atomic mass is 32.2. The molecule has 7 heteroatoms. The summed E-state index contributed by atoms with van der Waals surface area (Å²) in [5.41, 5.74) is 1.69. The van der Waals surface area contributed by atoms with Gasteiger partial charge in [-0.1, -0.05) is 51.1 Å². The van der Waals surface area contributed by atoms with Gasteiger partial charge in [-0.15, -0.1) is 0 Å². The van der Waals surface area contributed by atoms with E-state index < -0.39 is 16.1 Å². The average molecular weight is 447 g/mol. The Morgan fingerprint density at radius 2 is 1.68 bits per heavy atom. The Bertz CT molecular complexity index is 957. The highest BCUT2D eigenvalue weighted by Gasteiger charge is 2.26. The standard InChI is InChI=1S/C24H34N2O4S/c1-7-22(30-21-15-13-20(14-16-21)26(5)31(6,28)29)23(27)25-18(2)17-24(3,4)19-11-9-8-10-12-19/h8-16,18,22H,7,17H2,1-6H3,(H,25,27)/t18-,22+/m1/s1. The monoisotopic (exact) mass is 446 g/mol. The van der Waals surface area contributed by atoms with Crippen LogP contribution in [-0.2, 0) is 20.2 Å². The molecule has 6 nitrogen and oxygen atoms in total. The van der Waals surface area contributed by atoms with Crippen molar-refractivity contribution in [2.75, 3.05) is 17.6 Å². The Kier molecular flexibility index (Phi) is 8.12. The second-order valence-electron chi connectivity index (χ2n) is 8.60. The van der Waals surface area contributed by atoms with Crippen LogP contribution in [0.4, 0.5) is 5.69 Å². The van der Waals surface area contributed by atoms with Gasteiger partial charge in [0.2, 0.25) is 10.0 Å². The number of anilines is 1. The van der Waals surface area contributed by atoms with Crippen LogP contribution in [0, 0.1) is 0 Å². The number of sulfonamides is 1. The van der Waals surface area contributed by atoms with E-state index in [0.29, 0.717) is 17.9 Å². The maximum atomic E-state index is 12.8. The fourth-order valence-electron chi connectivity index (χ4n) is 3.57. The number of nitrogens with one attached hydrogen (secondary N) is 1. The van der Waals surface area contributed by atoms with Crippen molar-refractivity contribution in [3.8, 4) is 5.75 Å². The number of rotatable bonds is 10. The lowest BCUT2D eigenvalue weighted by Gasteiger charge is -2.30. The van der Waals surface area contributed by atoms with Gasteiger partial charge in [0.05, 0.1) is 11.9 Å². The van der Waals surface area contributed by atoms with Crippen LogP contribution in [0.15, 0.2) is 54.6 Å². The zero-order chi connectivity index (χ0) is 23.2. The average Bonchev–Trinajstić information content (AvgIpc) is 2.71. The second kappa shape index (κ2) is 10.2. The summed E-state index contributed by atoms with van der Waals surface area (Å²) in [4.78, 5) is 12.8. The van der Waals surface area contributed by atoms with Crippen LogP contribution in [0.2, 0.25) is 0 Å². The van der Waals surface area contributed by atoms with Gasteiger partial charge in [0.1, 0.15) is 5.75 Å². The van der Waals surface area contributed by atoms with E-state index in [0.717, 1.165) is 12.7 Å². The molecule has 0 spiro atoms. The zero-order valence-corrected chi connectivity index (χ0v) is 20.1. The van der Waals surface area contributed by atoms with Crippen LogP contribution in [0.25, 0.3) is 0 Å². The number of nitrogens with zero attached hydrogens (tertiary/aromatic N) is 1. The topological polar surface area (TPSA) is 75.7 Å². The van der Waals surface area contributed by atoms with Gasteiger partial charge >= 0.3 is 0 Å². The zero-order valence-electron chi connectivity index (χ0n) is 19.3. The molecule has 2 aromatic carbocycles. The summed E-state index contributed by atoms with van der Waals surface area (Å²) >= 11 is 0. The van der Waals surface area contributed by atoms with Crippen LogP contribution in [0.5, 0.6) is 5.75 Å². The van der Waals surface area contributed by atoms with Gasteiger partial charge in [-0.05, 0) is 55.0 Å². The number of benzene rings is 2. The number of carbonyl (C=O) groups excluding carboxylic acids is 1. The number of ether oxygens (including phenoxy) is 1. The summed E-state index contributed by atoms with van der Waals surface area (Å²) in [6, 6.07) is 16.9. The number of carbonyl (C=O) groups is 1. The summed E-state index contributed by atoms with van der Waals surface area (Å²) in [7, 11) is -1.84. The maximum absolute atomic E-state index is 12.8.